The van der Waals surface area contributed by atoms with Crippen LogP contribution >= 0.6 is 0 Å². The first-order valence-electron chi connectivity index (χ1n) is 7.38. The van der Waals surface area contributed by atoms with Crippen LogP contribution in [0.4, 0.5) is 0 Å². The molecular formula is C16H24N2O2. The number of carbonyl (C=O) groups excluding carboxylic acids is 1. The van der Waals surface area contributed by atoms with Crippen molar-refractivity contribution < 1.29 is 9.90 Å². The van der Waals surface area contributed by atoms with E-state index in [0.717, 1.165) is 43.5 Å². The minimum atomic E-state index is -0.278. The molecule has 4 nitrogen and oxygen atoms in total. The van der Waals surface area contributed by atoms with Crippen LogP contribution in [0.2, 0.25) is 0 Å². The van der Waals surface area contributed by atoms with Crippen molar-refractivity contribution in [2.75, 3.05) is 19.6 Å². The van der Waals surface area contributed by atoms with E-state index in [4.69, 9.17) is 5.73 Å². The first-order chi connectivity index (χ1) is 9.61. The van der Waals surface area contributed by atoms with Gasteiger partial charge in [0.05, 0.1) is 6.10 Å². The number of amides is 1. The molecule has 3 N–H and O–H groups in total. The largest absolute Gasteiger partial charge is 0.393 e. The van der Waals surface area contributed by atoms with Crippen molar-refractivity contribution >= 4 is 5.91 Å². The van der Waals surface area contributed by atoms with Crippen LogP contribution in [0.15, 0.2) is 24.3 Å². The van der Waals surface area contributed by atoms with E-state index in [1.54, 1.807) is 0 Å². The number of nitrogens with zero attached hydrogens (tertiary/aromatic N) is 1. The number of likely N-dealkylation sites (tertiary alicyclic amines) is 1. The second kappa shape index (κ2) is 6.86. The highest BCUT2D eigenvalue weighted by Crippen LogP contribution is 2.22. The zero-order valence-electron chi connectivity index (χ0n) is 12.1. The Kier molecular flexibility index (Phi) is 5.15. The van der Waals surface area contributed by atoms with Crippen LogP contribution in [0.25, 0.3) is 0 Å². The molecule has 2 rings (SSSR count). The summed E-state index contributed by atoms with van der Waals surface area (Å²) >= 11 is 0. The molecule has 0 aliphatic carbocycles. The molecule has 1 aliphatic rings. The maximum absolute atomic E-state index is 12.5. The fraction of sp³-hybridized carbons (Fsp3) is 0.562. The molecule has 1 atom stereocenters. The maximum Gasteiger partial charge on any atom is 0.253 e. The lowest BCUT2D eigenvalue weighted by Crippen LogP contribution is -2.40. The van der Waals surface area contributed by atoms with Crippen molar-refractivity contribution in [2.24, 2.45) is 11.7 Å². The van der Waals surface area contributed by atoms with Gasteiger partial charge in [0.1, 0.15) is 0 Å². The van der Waals surface area contributed by atoms with Crippen molar-refractivity contribution in [3.05, 3.63) is 35.4 Å². The third-order valence-corrected chi connectivity index (χ3v) is 4.12. The van der Waals surface area contributed by atoms with Gasteiger partial charge >= 0.3 is 0 Å². The van der Waals surface area contributed by atoms with E-state index < -0.39 is 0 Å². The quantitative estimate of drug-likeness (QED) is 0.874. The fourth-order valence-electron chi connectivity index (χ4n) is 2.79. The highest BCUT2D eigenvalue weighted by atomic mass is 16.3. The predicted molar refractivity (Wildman–Crippen MR) is 79.5 cm³/mol. The highest BCUT2D eigenvalue weighted by Gasteiger charge is 2.25. The summed E-state index contributed by atoms with van der Waals surface area (Å²) in [6.07, 6.45) is 2.28. The Hall–Kier alpha value is -1.39. The minimum absolute atomic E-state index is 0.0907. The standard InChI is InChI=1S/C16H24N2O2/c1-12(19)14-6-9-18(10-7-14)16(20)15-4-2-3-13(11-15)5-8-17/h2-4,11-12,14,19H,5-10,17H2,1H3. The van der Waals surface area contributed by atoms with Crippen LogP contribution < -0.4 is 5.73 Å². The average Bonchev–Trinajstić information content (AvgIpc) is 2.47. The zero-order valence-corrected chi connectivity index (χ0v) is 12.1. The van der Waals surface area contributed by atoms with Crippen LogP contribution in [-0.2, 0) is 6.42 Å². The Morgan fingerprint density at radius 1 is 1.45 bits per heavy atom. The van der Waals surface area contributed by atoms with Crippen molar-refractivity contribution in [3.8, 4) is 0 Å². The first kappa shape index (κ1) is 15.0. The lowest BCUT2D eigenvalue weighted by molar-refractivity contribution is 0.0521. The molecule has 0 radical (unpaired) electrons. The molecule has 1 aromatic rings. The second-order valence-corrected chi connectivity index (χ2v) is 5.61. The molecule has 1 unspecified atom stereocenters. The molecular weight excluding hydrogens is 252 g/mol. The molecule has 1 amide bonds. The van der Waals surface area contributed by atoms with Gasteiger partial charge in [-0.2, -0.15) is 0 Å². The van der Waals surface area contributed by atoms with Gasteiger partial charge in [-0.25, -0.2) is 0 Å². The number of hydrogen-bond donors (Lipinski definition) is 2. The number of rotatable bonds is 4. The van der Waals surface area contributed by atoms with E-state index in [9.17, 15) is 9.90 Å². The summed E-state index contributed by atoms with van der Waals surface area (Å²) < 4.78 is 0. The van der Waals surface area contributed by atoms with Crippen LogP contribution in [-0.4, -0.2) is 41.7 Å². The highest BCUT2D eigenvalue weighted by molar-refractivity contribution is 5.94. The lowest BCUT2D eigenvalue weighted by Gasteiger charge is -2.33. The molecule has 4 heteroatoms. The molecule has 20 heavy (non-hydrogen) atoms. The van der Waals surface area contributed by atoms with Gasteiger partial charge in [0.15, 0.2) is 0 Å². The SMILES string of the molecule is CC(O)C1CCN(C(=O)c2cccc(CCN)c2)CC1. The topological polar surface area (TPSA) is 66.6 Å². The number of carbonyl (C=O) groups is 1. The molecule has 1 fully saturated rings. The van der Waals surface area contributed by atoms with Gasteiger partial charge in [-0.3, -0.25) is 4.79 Å². The van der Waals surface area contributed by atoms with E-state index >= 15 is 0 Å². The number of piperidine rings is 1. The third kappa shape index (κ3) is 3.58. The van der Waals surface area contributed by atoms with Gasteiger partial charge in [-0.15, -0.1) is 0 Å². The molecule has 0 saturated carbocycles. The number of nitrogens with two attached hydrogens (primary N) is 1. The monoisotopic (exact) mass is 276 g/mol. The Labute approximate surface area is 120 Å². The van der Waals surface area contributed by atoms with Crippen molar-refractivity contribution in [1.29, 1.82) is 0 Å². The van der Waals surface area contributed by atoms with E-state index in [-0.39, 0.29) is 12.0 Å². The average molecular weight is 276 g/mol. The van der Waals surface area contributed by atoms with Gasteiger partial charge in [0, 0.05) is 18.7 Å². The maximum atomic E-state index is 12.5. The third-order valence-electron chi connectivity index (χ3n) is 4.12. The Morgan fingerprint density at radius 3 is 2.75 bits per heavy atom. The summed E-state index contributed by atoms with van der Waals surface area (Å²) in [4.78, 5) is 14.4. The van der Waals surface area contributed by atoms with Crippen molar-refractivity contribution in [1.82, 2.24) is 4.90 Å². The fourth-order valence-corrected chi connectivity index (χ4v) is 2.79. The van der Waals surface area contributed by atoms with Gasteiger partial charge in [0.2, 0.25) is 0 Å². The Morgan fingerprint density at radius 2 is 2.15 bits per heavy atom. The predicted octanol–water partition coefficient (Wildman–Crippen LogP) is 1.42. The summed E-state index contributed by atoms with van der Waals surface area (Å²) in [6.45, 7) is 3.89. The zero-order chi connectivity index (χ0) is 14.5. The second-order valence-electron chi connectivity index (χ2n) is 5.61. The number of aliphatic hydroxyl groups is 1. The van der Waals surface area contributed by atoms with Crippen LogP contribution in [0.3, 0.4) is 0 Å². The molecule has 0 bridgehead atoms. The summed E-state index contributed by atoms with van der Waals surface area (Å²) in [7, 11) is 0. The van der Waals surface area contributed by atoms with E-state index in [0.29, 0.717) is 12.5 Å². The summed E-state index contributed by atoms with van der Waals surface area (Å²) in [6, 6.07) is 7.73. The lowest BCUT2D eigenvalue weighted by atomic mass is 9.92. The summed E-state index contributed by atoms with van der Waals surface area (Å²) in [5, 5.41) is 9.60. The molecule has 0 aromatic heterocycles. The molecule has 1 aliphatic heterocycles. The normalized spacial score (nSPS) is 18.1. The molecule has 0 spiro atoms. The molecule has 110 valence electrons. The van der Waals surface area contributed by atoms with E-state index in [2.05, 4.69) is 0 Å². The Balaban J connectivity index is 2.00. The van der Waals surface area contributed by atoms with Gasteiger partial charge < -0.3 is 15.7 Å². The molecule has 1 heterocycles. The van der Waals surface area contributed by atoms with Gasteiger partial charge in [-0.05, 0) is 56.3 Å². The molecule has 1 aromatic carbocycles. The minimum Gasteiger partial charge on any atom is -0.393 e. The van der Waals surface area contributed by atoms with E-state index in [1.807, 2.05) is 36.1 Å². The van der Waals surface area contributed by atoms with Gasteiger partial charge in [0.25, 0.3) is 5.91 Å². The Bertz CT molecular complexity index is 452. The van der Waals surface area contributed by atoms with Crippen LogP contribution in [0.1, 0.15) is 35.7 Å². The number of hydrogen-bond acceptors (Lipinski definition) is 3. The van der Waals surface area contributed by atoms with Crippen LogP contribution in [0, 0.1) is 5.92 Å². The van der Waals surface area contributed by atoms with E-state index in [1.165, 1.54) is 0 Å². The number of aliphatic hydroxyl groups excluding tert-OH is 1. The summed E-state index contributed by atoms with van der Waals surface area (Å²) in [5.41, 5.74) is 7.40. The molecule has 1 saturated heterocycles. The number of benzene rings is 1. The van der Waals surface area contributed by atoms with Gasteiger partial charge in [-0.1, -0.05) is 12.1 Å². The first-order valence-corrected chi connectivity index (χ1v) is 7.38. The van der Waals surface area contributed by atoms with Crippen molar-refractivity contribution in [2.45, 2.75) is 32.3 Å². The summed E-state index contributed by atoms with van der Waals surface area (Å²) in [5.74, 6) is 0.413. The van der Waals surface area contributed by atoms with Crippen LogP contribution in [0.5, 0.6) is 0 Å². The smallest absolute Gasteiger partial charge is 0.253 e. The van der Waals surface area contributed by atoms with Crippen molar-refractivity contribution in [3.63, 3.8) is 0 Å².